The summed E-state index contributed by atoms with van der Waals surface area (Å²) in [5.74, 6) is -0.603. The Morgan fingerprint density at radius 1 is 1.00 bits per heavy atom. The number of aryl methyl sites for hydroxylation is 1. The van der Waals surface area contributed by atoms with Gasteiger partial charge in [0.15, 0.2) is 5.58 Å². The molecule has 0 atom stereocenters. The van der Waals surface area contributed by atoms with Gasteiger partial charge in [0, 0.05) is 44.8 Å². The summed E-state index contributed by atoms with van der Waals surface area (Å²) in [5.41, 5.74) is 0.930. The molecule has 1 amide bonds. The third-order valence-electron chi connectivity index (χ3n) is 5.29. The number of piperazine rings is 1. The Labute approximate surface area is 170 Å². The molecule has 0 bridgehead atoms. The first-order chi connectivity index (χ1) is 14.3. The molecule has 30 heavy (non-hydrogen) atoms. The molecule has 0 radical (unpaired) electrons. The van der Waals surface area contributed by atoms with Crippen LogP contribution in [0, 0.1) is 0 Å². The summed E-state index contributed by atoms with van der Waals surface area (Å²) in [7, 11) is 0. The minimum Gasteiger partial charge on any atom is -0.408 e. The lowest BCUT2D eigenvalue weighted by atomic mass is 10.1. The maximum atomic E-state index is 12.9. The zero-order chi connectivity index (χ0) is 21.3. The van der Waals surface area contributed by atoms with Crippen molar-refractivity contribution in [2.24, 2.45) is 0 Å². The average Bonchev–Trinajstić information content (AvgIpc) is 3.06. The normalized spacial score (nSPS) is 15.0. The molecule has 1 aliphatic heterocycles. The van der Waals surface area contributed by atoms with E-state index in [1.807, 2.05) is 4.90 Å². The van der Waals surface area contributed by atoms with Crippen molar-refractivity contribution in [3.63, 3.8) is 0 Å². The molecule has 3 aromatic rings. The summed E-state index contributed by atoms with van der Waals surface area (Å²) in [6, 6.07) is 12.2. The van der Waals surface area contributed by atoms with E-state index in [4.69, 9.17) is 4.42 Å². The standard InChI is InChI=1S/C21H20F3N3O3/c22-21(23,24)15-4-3-5-16(14-15)25-10-12-26(13-11-25)19(28)8-9-27-17-6-1-2-7-18(17)30-20(27)29/h1-7,14H,8-13H2. The highest BCUT2D eigenvalue weighted by atomic mass is 19.4. The maximum absolute atomic E-state index is 12.9. The number of amides is 1. The molecule has 0 unspecified atom stereocenters. The van der Waals surface area contributed by atoms with Crippen LogP contribution in [0.25, 0.3) is 11.1 Å². The van der Waals surface area contributed by atoms with E-state index in [-0.39, 0.29) is 18.9 Å². The van der Waals surface area contributed by atoms with Crippen molar-refractivity contribution >= 4 is 22.7 Å². The minimum atomic E-state index is -4.39. The monoisotopic (exact) mass is 419 g/mol. The largest absolute Gasteiger partial charge is 0.419 e. The van der Waals surface area contributed by atoms with Crippen LogP contribution in [0.5, 0.6) is 0 Å². The molecule has 4 rings (SSSR count). The molecule has 9 heteroatoms. The van der Waals surface area contributed by atoms with E-state index in [9.17, 15) is 22.8 Å². The number of hydrogen-bond donors (Lipinski definition) is 0. The Balaban J connectivity index is 1.36. The van der Waals surface area contributed by atoms with Crippen LogP contribution >= 0.6 is 0 Å². The molecule has 2 heterocycles. The van der Waals surface area contributed by atoms with Gasteiger partial charge in [-0.1, -0.05) is 18.2 Å². The molecule has 0 aliphatic carbocycles. The van der Waals surface area contributed by atoms with Crippen molar-refractivity contribution in [3.05, 3.63) is 64.6 Å². The second kappa shape index (κ2) is 7.89. The molecule has 158 valence electrons. The molecule has 1 fully saturated rings. The number of para-hydroxylation sites is 2. The summed E-state index contributed by atoms with van der Waals surface area (Å²) < 4.78 is 45.4. The molecule has 0 N–H and O–H groups in total. The number of hydrogen-bond acceptors (Lipinski definition) is 4. The topological polar surface area (TPSA) is 58.7 Å². The molecule has 1 aliphatic rings. The van der Waals surface area contributed by atoms with Crippen LogP contribution < -0.4 is 10.7 Å². The molecule has 1 aromatic heterocycles. The number of carbonyl (C=O) groups is 1. The highest BCUT2D eigenvalue weighted by Crippen LogP contribution is 2.31. The zero-order valence-electron chi connectivity index (χ0n) is 16.1. The van der Waals surface area contributed by atoms with Crippen LogP contribution in [0.1, 0.15) is 12.0 Å². The minimum absolute atomic E-state index is 0.101. The SMILES string of the molecule is O=C(CCn1c(=O)oc2ccccc21)N1CCN(c2cccc(C(F)(F)F)c2)CC1. The van der Waals surface area contributed by atoms with E-state index in [2.05, 4.69) is 0 Å². The molecule has 6 nitrogen and oxygen atoms in total. The Kier molecular flexibility index (Phi) is 5.27. The van der Waals surface area contributed by atoms with E-state index >= 15 is 0 Å². The summed E-state index contributed by atoms with van der Waals surface area (Å²) in [4.78, 5) is 28.1. The quantitative estimate of drug-likeness (QED) is 0.651. The van der Waals surface area contributed by atoms with E-state index < -0.39 is 17.5 Å². The van der Waals surface area contributed by atoms with Gasteiger partial charge in [0.05, 0.1) is 11.1 Å². The summed E-state index contributed by atoms with van der Waals surface area (Å²) in [6.07, 6.45) is -4.24. The van der Waals surface area contributed by atoms with Crippen LogP contribution in [0.15, 0.2) is 57.7 Å². The Morgan fingerprint density at radius 3 is 2.47 bits per heavy atom. The highest BCUT2D eigenvalue weighted by Gasteiger charge is 2.31. The molecule has 0 saturated carbocycles. The van der Waals surface area contributed by atoms with Gasteiger partial charge in [-0.05, 0) is 30.3 Å². The number of nitrogens with zero attached hydrogens (tertiary/aromatic N) is 3. The van der Waals surface area contributed by atoms with Crippen LogP contribution in [-0.2, 0) is 17.5 Å². The van der Waals surface area contributed by atoms with Gasteiger partial charge in [0.2, 0.25) is 5.91 Å². The summed E-state index contributed by atoms with van der Waals surface area (Å²) >= 11 is 0. The highest BCUT2D eigenvalue weighted by molar-refractivity contribution is 5.77. The zero-order valence-corrected chi connectivity index (χ0v) is 16.1. The van der Waals surface area contributed by atoms with Crippen LogP contribution in [0.4, 0.5) is 18.9 Å². The van der Waals surface area contributed by atoms with E-state index in [0.717, 1.165) is 12.1 Å². The molecular formula is C21H20F3N3O3. The predicted molar refractivity (Wildman–Crippen MR) is 105 cm³/mol. The number of benzene rings is 2. The second-order valence-electron chi connectivity index (χ2n) is 7.15. The number of anilines is 1. The third kappa shape index (κ3) is 4.05. The van der Waals surface area contributed by atoms with Crippen LogP contribution in [0.3, 0.4) is 0 Å². The second-order valence-corrected chi connectivity index (χ2v) is 7.15. The summed E-state index contributed by atoms with van der Waals surface area (Å²) in [5, 5.41) is 0. The maximum Gasteiger partial charge on any atom is 0.419 e. The van der Waals surface area contributed by atoms with E-state index in [1.165, 1.54) is 10.6 Å². The fourth-order valence-electron chi connectivity index (χ4n) is 3.68. The average molecular weight is 419 g/mol. The van der Waals surface area contributed by atoms with Crippen molar-refractivity contribution in [2.75, 3.05) is 31.1 Å². The number of rotatable bonds is 4. The van der Waals surface area contributed by atoms with Gasteiger partial charge >= 0.3 is 11.9 Å². The Morgan fingerprint density at radius 2 is 1.73 bits per heavy atom. The van der Waals surface area contributed by atoms with Crippen molar-refractivity contribution in [3.8, 4) is 0 Å². The van der Waals surface area contributed by atoms with Crippen molar-refractivity contribution in [1.29, 1.82) is 0 Å². The van der Waals surface area contributed by atoms with Crippen LogP contribution in [0.2, 0.25) is 0 Å². The Bertz CT molecular complexity index is 1110. The number of carbonyl (C=O) groups excluding carboxylic acids is 1. The fraction of sp³-hybridized carbons (Fsp3) is 0.333. The van der Waals surface area contributed by atoms with Gasteiger partial charge < -0.3 is 14.2 Å². The fourth-order valence-corrected chi connectivity index (χ4v) is 3.68. The van der Waals surface area contributed by atoms with Crippen molar-refractivity contribution in [1.82, 2.24) is 9.47 Å². The van der Waals surface area contributed by atoms with Gasteiger partial charge in [-0.25, -0.2) is 4.79 Å². The predicted octanol–water partition coefficient (Wildman–Crippen LogP) is 3.35. The number of aromatic nitrogens is 1. The van der Waals surface area contributed by atoms with Gasteiger partial charge in [0.1, 0.15) is 0 Å². The molecular weight excluding hydrogens is 399 g/mol. The first-order valence-electron chi connectivity index (χ1n) is 9.61. The molecule has 1 saturated heterocycles. The lowest BCUT2D eigenvalue weighted by Gasteiger charge is -2.36. The van der Waals surface area contributed by atoms with Gasteiger partial charge in [-0.15, -0.1) is 0 Å². The van der Waals surface area contributed by atoms with Gasteiger partial charge in [-0.2, -0.15) is 13.2 Å². The van der Waals surface area contributed by atoms with Crippen molar-refractivity contribution in [2.45, 2.75) is 19.1 Å². The first kappa shape index (κ1) is 20.1. The van der Waals surface area contributed by atoms with Gasteiger partial charge in [0.25, 0.3) is 0 Å². The van der Waals surface area contributed by atoms with E-state index in [0.29, 0.717) is 43.0 Å². The lowest BCUT2D eigenvalue weighted by molar-refractivity contribution is -0.137. The number of halogens is 3. The first-order valence-corrected chi connectivity index (χ1v) is 9.61. The van der Waals surface area contributed by atoms with E-state index in [1.54, 1.807) is 35.2 Å². The van der Waals surface area contributed by atoms with Gasteiger partial charge in [-0.3, -0.25) is 9.36 Å². The number of fused-ring (bicyclic) bond motifs is 1. The number of alkyl halides is 3. The lowest BCUT2D eigenvalue weighted by Crippen LogP contribution is -2.49. The Hall–Kier alpha value is -3.23. The third-order valence-corrected chi connectivity index (χ3v) is 5.29. The summed E-state index contributed by atoms with van der Waals surface area (Å²) in [6.45, 7) is 1.93. The van der Waals surface area contributed by atoms with Crippen molar-refractivity contribution < 1.29 is 22.4 Å². The number of oxazole rings is 1. The van der Waals surface area contributed by atoms with Crippen LogP contribution in [-0.4, -0.2) is 41.6 Å². The molecule has 2 aromatic carbocycles. The molecule has 0 spiro atoms. The smallest absolute Gasteiger partial charge is 0.408 e.